The molecule has 0 aromatic heterocycles. The molecule has 0 aliphatic heterocycles. The average molecular weight is 696 g/mol. The van der Waals surface area contributed by atoms with Crippen molar-refractivity contribution in [2.45, 2.75) is 9.79 Å². The van der Waals surface area contributed by atoms with Gasteiger partial charge in [-0.05, 0) is 95.1 Å². The Morgan fingerprint density at radius 3 is 1.30 bits per heavy atom. The van der Waals surface area contributed by atoms with Gasteiger partial charge in [-0.25, -0.2) is 16.8 Å². The predicted octanol–water partition coefficient (Wildman–Crippen LogP) is 6.64. The van der Waals surface area contributed by atoms with Crippen LogP contribution in [-0.2, 0) is 20.0 Å². The molecule has 0 fully saturated rings. The van der Waals surface area contributed by atoms with Crippen molar-refractivity contribution < 1.29 is 16.8 Å². The summed E-state index contributed by atoms with van der Waals surface area (Å²) in [6.45, 7) is 0. The maximum Gasteiger partial charge on any atom is 0.261 e. The fourth-order valence-corrected chi connectivity index (χ4v) is 6.98. The Morgan fingerprint density at radius 2 is 0.950 bits per heavy atom. The van der Waals surface area contributed by atoms with Crippen LogP contribution in [0.1, 0.15) is 11.1 Å². The van der Waals surface area contributed by atoms with Gasteiger partial charge in [0.15, 0.2) is 0 Å². The molecule has 5 rings (SSSR count). The molecule has 0 atom stereocenters. The van der Waals surface area contributed by atoms with Crippen LogP contribution in [0.5, 0.6) is 0 Å². The third kappa shape index (κ3) is 5.27. The van der Waals surface area contributed by atoms with Gasteiger partial charge in [0.2, 0.25) is 0 Å². The predicted molar refractivity (Wildman–Crippen MR) is 159 cm³/mol. The van der Waals surface area contributed by atoms with Crippen LogP contribution in [0, 0.1) is 22.7 Å². The van der Waals surface area contributed by atoms with Crippen molar-refractivity contribution >= 4 is 68.9 Å². The minimum absolute atomic E-state index is 0.0838. The second-order valence-electron chi connectivity index (χ2n) is 8.61. The standard InChI is InChI=1S/C28H16Br2N4O4S2/c29-18-1-5-20(6-2-18)33-39(35,36)22-9-11-24-25-12-10-23(40(37,38)34-21-7-3-19(30)4-8-21)14-27(25)28(26(24)13-22)17(15-31)16-32/h1-14,33-34H. The molecule has 0 amide bonds. The number of hydrogen-bond donors (Lipinski definition) is 2. The van der Waals surface area contributed by atoms with E-state index in [4.69, 9.17) is 0 Å². The first-order valence-electron chi connectivity index (χ1n) is 11.4. The van der Waals surface area contributed by atoms with Gasteiger partial charge >= 0.3 is 0 Å². The maximum absolute atomic E-state index is 13.2. The summed E-state index contributed by atoms with van der Waals surface area (Å²) in [5.74, 6) is 0. The van der Waals surface area contributed by atoms with E-state index >= 15 is 0 Å². The Balaban J connectivity index is 1.59. The number of anilines is 2. The number of hydrogen-bond acceptors (Lipinski definition) is 6. The molecular formula is C28H16Br2N4O4S2. The summed E-state index contributed by atoms with van der Waals surface area (Å²) in [5.41, 5.74) is 2.41. The van der Waals surface area contributed by atoms with Gasteiger partial charge in [0.05, 0.1) is 9.79 Å². The monoisotopic (exact) mass is 694 g/mol. The van der Waals surface area contributed by atoms with Crippen LogP contribution in [0.4, 0.5) is 11.4 Å². The van der Waals surface area contributed by atoms with Crippen molar-refractivity contribution in [1.29, 1.82) is 10.5 Å². The molecule has 0 unspecified atom stereocenters. The van der Waals surface area contributed by atoms with Crippen LogP contribution in [0.25, 0.3) is 16.7 Å². The molecule has 0 radical (unpaired) electrons. The lowest BCUT2D eigenvalue weighted by Gasteiger charge is -2.11. The summed E-state index contributed by atoms with van der Waals surface area (Å²) in [7, 11) is -8.06. The van der Waals surface area contributed by atoms with E-state index in [-0.39, 0.29) is 20.9 Å². The molecule has 0 spiro atoms. The maximum atomic E-state index is 13.2. The lowest BCUT2D eigenvalue weighted by Crippen LogP contribution is -2.13. The van der Waals surface area contributed by atoms with Crippen LogP contribution in [0.2, 0.25) is 0 Å². The number of fused-ring (bicyclic) bond motifs is 3. The first kappa shape index (κ1) is 27.6. The Hall–Kier alpha value is -3.94. The molecule has 4 aromatic rings. The second kappa shape index (κ2) is 10.6. The highest BCUT2D eigenvalue weighted by Crippen LogP contribution is 2.47. The van der Waals surface area contributed by atoms with Crippen LogP contribution >= 0.6 is 31.9 Å². The van der Waals surface area contributed by atoms with Crippen LogP contribution < -0.4 is 9.44 Å². The highest BCUT2D eigenvalue weighted by Gasteiger charge is 2.30. The van der Waals surface area contributed by atoms with Gasteiger partial charge in [-0.2, -0.15) is 10.5 Å². The van der Waals surface area contributed by atoms with Crippen molar-refractivity contribution in [3.63, 3.8) is 0 Å². The topological polar surface area (TPSA) is 140 Å². The van der Waals surface area contributed by atoms with Crippen LogP contribution in [0.3, 0.4) is 0 Å². The van der Waals surface area contributed by atoms with Crippen molar-refractivity contribution in [3.8, 4) is 23.3 Å². The van der Waals surface area contributed by atoms with Gasteiger partial charge in [-0.1, -0.05) is 44.0 Å². The zero-order chi connectivity index (χ0) is 28.7. The van der Waals surface area contributed by atoms with E-state index in [1.807, 2.05) is 12.1 Å². The first-order chi connectivity index (χ1) is 19.0. The number of sulfonamides is 2. The summed E-state index contributed by atoms with van der Waals surface area (Å²) < 4.78 is 59.4. The normalized spacial score (nSPS) is 12.1. The van der Waals surface area contributed by atoms with E-state index in [1.54, 1.807) is 60.7 Å². The Kier molecular flexibility index (Phi) is 7.29. The van der Waals surface area contributed by atoms with Crippen molar-refractivity contribution in [1.82, 2.24) is 0 Å². The SMILES string of the molecule is N#CC(C#N)=C1c2cc(S(=O)(=O)Nc3ccc(Br)cc3)ccc2-c2ccc(S(=O)(=O)Nc3ccc(Br)cc3)cc21. The number of allylic oxidation sites excluding steroid dienone is 1. The van der Waals surface area contributed by atoms with Gasteiger partial charge in [0.25, 0.3) is 20.0 Å². The summed E-state index contributed by atoms with van der Waals surface area (Å²) in [4.78, 5) is -0.168. The fraction of sp³-hybridized carbons (Fsp3) is 0. The summed E-state index contributed by atoms with van der Waals surface area (Å²) in [6.07, 6.45) is 0. The number of rotatable bonds is 6. The molecule has 0 heterocycles. The third-order valence-electron chi connectivity index (χ3n) is 6.10. The van der Waals surface area contributed by atoms with E-state index in [0.717, 1.165) is 8.95 Å². The van der Waals surface area contributed by atoms with Gasteiger partial charge < -0.3 is 0 Å². The minimum atomic E-state index is -4.03. The fourth-order valence-electron chi connectivity index (χ4n) is 4.28. The molecule has 198 valence electrons. The number of benzene rings is 4. The average Bonchev–Trinajstić information content (AvgIpc) is 3.25. The molecule has 1 aliphatic rings. The Bertz CT molecular complexity index is 1870. The molecule has 4 aromatic carbocycles. The Morgan fingerprint density at radius 1 is 0.575 bits per heavy atom. The molecule has 8 nitrogen and oxygen atoms in total. The summed E-state index contributed by atoms with van der Waals surface area (Å²) >= 11 is 6.62. The van der Waals surface area contributed by atoms with E-state index in [1.165, 1.54) is 24.3 Å². The Labute approximate surface area is 248 Å². The highest BCUT2D eigenvalue weighted by molar-refractivity contribution is 9.10. The van der Waals surface area contributed by atoms with Crippen LogP contribution in [0.15, 0.2) is 109 Å². The lowest BCUT2D eigenvalue weighted by atomic mass is 9.99. The van der Waals surface area contributed by atoms with Crippen molar-refractivity contribution in [2.24, 2.45) is 0 Å². The lowest BCUT2D eigenvalue weighted by molar-refractivity contribution is 0.599. The second-order valence-corrected chi connectivity index (χ2v) is 13.8. The van der Waals surface area contributed by atoms with E-state index in [0.29, 0.717) is 33.6 Å². The first-order valence-corrected chi connectivity index (χ1v) is 16.0. The van der Waals surface area contributed by atoms with E-state index in [9.17, 15) is 27.4 Å². The molecule has 0 saturated carbocycles. The largest absolute Gasteiger partial charge is 0.280 e. The molecule has 1 aliphatic carbocycles. The smallest absolute Gasteiger partial charge is 0.261 e. The number of nitrogens with zero attached hydrogens (tertiary/aromatic N) is 2. The zero-order valence-electron chi connectivity index (χ0n) is 20.2. The summed E-state index contributed by atoms with van der Waals surface area (Å²) in [5, 5.41) is 19.5. The molecular weight excluding hydrogens is 680 g/mol. The summed E-state index contributed by atoms with van der Waals surface area (Å²) in [6, 6.07) is 25.7. The van der Waals surface area contributed by atoms with Gasteiger partial charge in [-0.15, -0.1) is 0 Å². The third-order valence-corrected chi connectivity index (χ3v) is 9.91. The number of nitrogens with one attached hydrogen (secondary N) is 2. The zero-order valence-corrected chi connectivity index (χ0v) is 25.0. The molecule has 0 bridgehead atoms. The van der Waals surface area contributed by atoms with Gasteiger partial charge in [0, 0.05) is 25.9 Å². The molecule has 2 N–H and O–H groups in total. The van der Waals surface area contributed by atoms with E-state index < -0.39 is 20.0 Å². The molecule has 40 heavy (non-hydrogen) atoms. The van der Waals surface area contributed by atoms with Gasteiger partial charge in [-0.3, -0.25) is 9.44 Å². The molecule has 0 saturated heterocycles. The number of nitriles is 2. The van der Waals surface area contributed by atoms with E-state index in [2.05, 4.69) is 41.3 Å². The quantitative estimate of drug-likeness (QED) is 0.191. The highest BCUT2D eigenvalue weighted by atomic mass is 79.9. The van der Waals surface area contributed by atoms with Crippen LogP contribution in [-0.4, -0.2) is 16.8 Å². The molecule has 12 heteroatoms. The van der Waals surface area contributed by atoms with Crippen molar-refractivity contribution in [2.75, 3.05) is 9.44 Å². The minimum Gasteiger partial charge on any atom is -0.280 e. The number of halogens is 2. The van der Waals surface area contributed by atoms with Crippen molar-refractivity contribution in [3.05, 3.63) is 111 Å². The van der Waals surface area contributed by atoms with Gasteiger partial charge in [0.1, 0.15) is 17.7 Å².